The summed E-state index contributed by atoms with van der Waals surface area (Å²) in [5.74, 6) is 2.13. The summed E-state index contributed by atoms with van der Waals surface area (Å²) in [6.45, 7) is 30.1. The monoisotopic (exact) mass is 748 g/mol. The molecule has 9 heteroatoms. The minimum absolute atomic E-state index is 0. The van der Waals surface area contributed by atoms with Gasteiger partial charge in [0.1, 0.15) is 11.5 Å². The summed E-state index contributed by atoms with van der Waals surface area (Å²) >= 11 is 0. The molecule has 0 saturated heterocycles. The minimum atomic E-state index is -1.12. The van der Waals surface area contributed by atoms with Crippen LogP contribution >= 0.6 is 17.2 Å². The Kier molecular flexibility index (Phi) is 16.4. The molecule has 2 atom stereocenters. The number of methoxy groups -OCH3 is 2. The van der Waals surface area contributed by atoms with Crippen molar-refractivity contribution in [3.63, 3.8) is 0 Å². The van der Waals surface area contributed by atoms with Crippen LogP contribution in [0.4, 0.5) is 0 Å². The number of para-hydroxylation sites is 2. The fraction of sp³-hybridized carbons (Fsp3) is 0.571. The largest absolute Gasteiger partial charge is 0.496 e. The summed E-state index contributed by atoms with van der Waals surface area (Å²) in [5.41, 5.74) is 0. The Hall–Kier alpha value is 1.11. The molecule has 0 fully saturated rings. The Balaban J connectivity index is 0.000000682. The van der Waals surface area contributed by atoms with Gasteiger partial charge in [-0.1, -0.05) is 132 Å². The van der Waals surface area contributed by atoms with Crippen LogP contribution in [0.1, 0.15) is 0 Å². The van der Waals surface area contributed by atoms with Crippen molar-refractivity contribution in [2.45, 2.75) is 88.4 Å². The van der Waals surface area contributed by atoms with Crippen LogP contribution in [0, 0.1) is 40.4 Å². The molecular formula is C28H54O2P2Si4Sm. The Bertz CT molecular complexity index is 843. The Labute approximate surface area is 270 Å². The molecule has 0 spiro atoms. The van der Waals surface area contributed by atoms with Gasteiger partial charge in [0.2, 0.25) is 0 Å². The van der Waals surface area contributed by atoms with Gasteiger partial charge in [-0.25, -0.2) is 0 Å². The van der Waals surface area contributed by atoms with E-state index in [1.54, 1.807) is 14.2 Å². The molecule has 2 rings (SSSR count). The fourth-order valence-electron chi connectivity index (χ4n) is 5.30. The third-order valence-electron chi connectivity index (χ3n) is 6.28. The molecule has 2 nitrogen and oxygen atoms in total. The maximum Gasteiger partial charge on any atom is 0.126 e. The predicted octanol–water partition coefficient (Wildman–Crippen LogP) is 8.24. The zero-order chi connectivity index (χ0) is 27.9. The molecule has 2 unspecified atom stereocenters. The van der Waals surface area contributed by atoms with Crippen molar-refractivity contribution < 1.29 is 49.9 Å². The van der Waals surface area contributed by atoms with Gasteiger partial charge in [-0.05, 0) is 21.9 Å². The standard InChI is InChI=1S/2C14H27OPSi2.Sm/c2*1-15-12-10-8-9-11-13(12)16-14(17(2,3)4)18(5,6)7;/h2*8-11,14,16H,1-7H3;. The topological polar surface area (TPSA) is 18.5 Å². The van der Waals surface area contributed by atoms with E-state index < -0.39 is 32.3 Å². The van der Waals surface area contributed by atoms with Crippen molar-refractivity contribution in [2.75, 3.05) is 14.2 Å². The summed E-state index contributed by atoms with van der Waals surface area (Å²) < 4.78 is 11.0. The number of ether oxygens (including phenoxy) is 2. The molecular weight excluding hydrogens is 693 g/mol. The zero-order valence-electron chi connectivity index (χ0n) is 26.0. The van der Waals surface area contributed by atoms with Crippen molar-refractivity contribution in [1.82, 2.24) is 0 Å². The third kappa shape index (κ3) is 13.1. The first-order valence-corrected chi connectivity index (χ1v) is 29.6. The van der Waals surface area contributed by atoms with Crippen LogP contribution in [0.25, 0.3) is 0 Å². The van der Waals surface area contributed by atoms with E-state index in [0.717, 1.165) is 38.5 Å². The molecule has 0 N–H and O–H groups in total. The van der Waals surface area contributed by atoms with E-state index >= 15 is 0 Å². The average Bonchev–Trinajstić information content (AvgIpc) is 2.73. The number of hydrogen-bond donors (Lipinski definition) is 0. The molecule has 210 valence electrons. The van der Waals surface area contributed by atoms with Crippen LogP contribution in [0.2, 0.25) is 78.6 Å². The number of benzene rings is 2. The third-order valence-corrected chi connectivity index (χ3v) is 37.7. The zero-order valence-corrected chi connectivity index (χ0v) is 34.6. The summed E-state index contributed by atoms with van der Waals surface area (Å²) in [7, 11) is 0.875. The number of hydrogen-bond acceptors (Lipinski definition) is 2. The van der Waals surface area contributed by atoms with Crippen LogP contribution in [-0.4, -0.2) is 56.3 Å². The van der Waals surface area contributed by atoms with Crippen molar-refractivity contribution >= 4 is 60.1 Å². The summed E-state index contributed by atoms with van der Waals surface area (Å²) in [6.07, 6.45) is 0. The van der Waals surface area contributed by atoms with E-state index in [1.165, 1.54) is 10.6 Å². The second-order valence-electron chi connectivity index (χ2n) is 14.0. The van der Waals surface area contributed by atoms with Gasteiger partial charge >= 0.3 is 0 Å². The van der Waals surface area contributed by atoms with Crippen LogP contribution in [0.5, 0.6) is 11.5 Å². The summed E-state index contributed by atoms with van der Waals surface area (Å²) in [4.78, 5) is 1.84. The van der Waals surface area contributed by atoms with Crippen molar-refractivity contribution in [3.8, 4) is 11.5 Å². The van der Waals surface area contributed by atoms with Gasteiger partial charge in [0.15, 0.2) is 0 Å². The van der Waals surface area contributed by atoms with Gasteiger partial charge in [-0.15, -0.1) is 0 Å². The first-order valence-electron chi connectivity index (χ1n) is 13.1. The van der Waals surface area contributed by atoms with Crippen LogP contribution in [0.3, 0.4) is 0 Å². The Morgan fingerprint density at radius 3 is 0.946 bits per heavy atom. The molecule has 0 saturated carbocycles. The molecule has 0 aliphatic heterocycles. The molecule has 0 amide bonds. The Morgan fingerprint density at radius 2 is 0.730 bits per heavy atom. The normalized spacial score (nSPS) is 13.2. The van der Waals surface area contributed by atoms with Crippen LogP contribution in [0.15, 0.2) is 48.5 Å². The van der Waals surface area contributed by atoms with Gasteiger partial charge in [-0.3, -0.25) is 0 Å². The molecule has 0 heterocycles. The van der Waals surface area contributed by atoms with Crippen LogP contribution in [-0.2, 0) is 0 Å². The van der Waals surface area contributed by atoms with Crippen molar-refractivity contribution in [1.29, 1.82) is 0 Å². The SMILES string of the molecule is COc1ccccc1PC([Si](C)(C)C)[Si](C)(C)C.COc1ccccc1PC([Si](C)(C)C)[Si](C)(C)C.[Sm]. The molecule has 37 heavy (non-hydrogen) atoms. The first kappa shape index (κ1) is 38.1. The van der Waals surface area contributed by atoms with E-state index in [4.69, 9.17) is 9.47 Å². The van der Waals surface area contributed by atoms with Gasteiger partial charge in [0.05, 0.1) is 14.2 Å². The maximum absolute atomic E-state index is 5.51. The van der Waals surface area contributed by atoms with E-state index in [0.29, 0.717) is 0 Å². The van der Waals surface area contributed by atoms with Crippen LogP contribution < -0.4 is 20.1 Å². The molecule has 0 radical (unpaired) electrons. The van der Waals surface area contributed by atoms with E-state index in [-0.39, 0.29) is 40.4 Å². The molecule has 0 bridgehead atoms. The smallest absolute Gasteiger partial charge is 0.126 e. The molecule has 0 aliphatic carbocycles. The second-order valence-corrected chi connectivity index (χ2v) is 41.5. The van der Waals surface area contributed by atoms with Gasteiger partial charge in [0.25, 0.3) is 0 Å². The predicted molar refractivity (Wildman–Crippen MR) is 183 cm³/mol. The fourth-order valence-corrected chi connectivity index (χ4v) is 36.5. The molecule has 2 aromatic rings. The summed E-state index contributed by atoms with van der Waals surface area (Å²) in [6, 6.07) is 17.1. The summed E-state index contributed by atoms with van der Waals surface area (Å²) in [5, 5.41) is 2.82. The van der Waals surface area contributed by atoms with Crippen molar-refractivity contribution in [2.24, 2.45) is 0 Å². The molecule has 0 aliphatic rings. The molecule has 2 aromatic carbocycles. The minimum Gasteiger partial charge on any atom is -0.496 e. The maximum atomic E-state index is 5.51. The molecule has 0 aromatic heterocycles. The van der Waals surface area contributed by atoms with E-state index in [9.17, 15) is 0 Å². The first-order chi connectivity index (χ1) is 16.3. The Morgan fingerprint density at radius 1 is 0.486 bits per heavy atom. The van der Waals surface area contributed by atoms with Gasteiger partial charge in [0, 0.05) is 83.3 Å². The number of rotatable bonds is 10. The van der Waals surface area contributed by atoms with Gasteiger partial charge < -0.3 is 9.47 Å². The second kappa shape index (κ2) is 15.9. The van der Waals surface area contributed by atoms with E-state index in [1.807, 2.05) is 0 Å². The van der Waals surface area contributed by atoms with E-state index in [2.05, 4.69) is 127 Å². The van der Waals surface area contributed by atoms with Gasteiger partial charge in [-0.2, -0.15) is 0 Å². The quantitative estimate of drug-likeness (QED) is 0.180. The average molecular weight is 747 g/mol. The van der Waals surface area contributed by atoms with Crippen molar-refractivity contribution in [3.05, 3.63) is 48.5 Å².